The molecule has 1 aliphatic rings. The predicted octanol–water partition coefficient (Wildman–Crippen LogP) is 3.85. The van der Waals surface area contributed by atoms with E-state index < -0.39 is 6.23 Å². The van der Waals surface area contributed by atoms with E-state index in [9.17, 15) is 9.59 Å². The van der Waals surface area contributed by atoms with Crippen LogP contribution in [0.3, 0.4) is 0 Å². The summed E-state index contributed by atoms with van der Waals surface area (Å²) in [6.45, 7) is 2.79. The molecule has 3 rings (SSSR count). The number of carbonyl (C=O) groups is 2. The zero-order valence-corrected chi connectivity index (χ0v) is 16.1. The smallest absolute Gasteiger partial charge is 0.292 e. The Balaban J connectivity index is 0.00000243. The van der Waals surface area contributed by atoms with Gasteiger partial charge in [-0.15, -0.1) is 12.4 Å². The van der Waals surface area contributed by atoms with Gasteiger partial charge in [-0.3, -0.25) is 19.5 Å². The summed E-state index contributed by atoms with van der Waals surface area (Å²) in [5.41, 5.74) is 3.07. The lowest BCUT2D eigenvalue weighted by atomic mass is 10.2. The van der Waals surface area contributed by atoms with Crippen molar-refractivity contribution in [2.24, 2.45) is 0 Å². The van der Waals surface area contributed by atoms with Gasteiger partial charge < -0.3 is 4.74 Å². The molecule has 138 valence electrons. The molecule has 1 unspecified atom stereocenters. The summed E-state index contributed by atoms with van der Waals surface area (Å²) >= 11 is 0.715. The third-order valence-corrected chi connectivity index (χ3v) is 4.84. The van der Waals surface area contributed by atoms with Crippen LogP contribution in [-0.2, 0) is 28.9 Å². The van der Waals surface area contributed by atoms with Crippen molar-refractivity contribution in [2.75, 3.05) is 6.61 Å². The fourth-order valence-corrected chi connectivity index (χ4v) is 3.34. The van der Waals surface area contributed by atoms with E-state index in [1.165, 1.54) is 10.5 Å². The Morgan fingerprint density at radius 2 is 1.88 bits per heavy atom. The van der Waals surface area contributed by atoms with Gasteiger partial charge in [-0.05, 0) is 23.6 Å². The quantitative estimate of drug-likeness (QED) is 0.716. The minimum Gasteiger partial charge on any atom is -0.350 e. The largest absolute Gasteiger partial charge is 0.350 e. The minimum absolute atomic E-state index is 0. The Morgan fingerprint density at radius 1 is 1.12 bits per heavy atom. The molecule has 1 fully saturated rings. The molecule has 0 N–H and O–H groups in total. The lowest BCUT2D eigenvalue weighted by molar-refractivity contribution is -0.129. The van der Waals surface area contributed by atoms with E-state index in [0.717, 1.165) is 17.7 Å². The van der Waals surface area contributed by atoms with Gasteiger partial charge in [0.05, 0.1) is 6.61 Å². The first-order valence-electron chi connectivity index (χ1n) is 8.29. The van der Waals surface area contributed by atoms with E-state index >= 15 is 0 Å². The fourth-order valence-electron chi connectivity index (χ4n) is 2.59. The SMILES string of the molecule is CCc1ccc(CCOC2C(=O)SC(=O)N2Cc2ccccc2)nc1.Cl. The summed E-state index contributed by atoms with van der Waals surface area (Å²) in [6, 6.07) is 13.6. The number of carbonyl (C=O) groups excluding carboxylic acids is 2. The first-order chi connectivity index (χ1) is 12.2. The van der Waals surface area contributed by atoms with E-state index in [1.54, 1.807) is 0 Å². The zero-order chi connectivity index (χ0) is 17.6. The number of rotatable bonds is 7. The van der Waals surface area contributed by atoms with Gasteiger partial charge >= 0.3 is 0 Å². The number of halogens is 1. The summed E-state index contributed by atoms with van der Waals surface area (Å²) in [5, 5.41) is -0.514. The van der Waals surface area contributed by atoms with E-state index in [-0.39, 0.29) is 22.8 Å². The van der Waals surface area contributed by atoms with Gasteiger partial charge in [0.1, 0.15) is 0 Å². The molecular weight excluding hydrogens is 372 g/mol. The molecule has 1 atom stereocenters. The Kier molecular flexibility index (Phi) is 7.63. The number of hydrogen-bond acceptors (Lipinski definition) is 5. The van der Waals surface area contributed by atoms with Crippen LogP contribution in [0.25, 0.3) is 0 Å². The molecule has 7 heteroatoms. The molecule has 0 radical (unpaired) electrons. The first-order valence-corrected chi connectivity index (χ1v) is 9.10. The summed E-state index contributed by atoms with van der Waals surface area (Å²) < 4.78 is 5.73. The van der Waals surface area contributed by atoms with Crippen LogP contribution in [0.2, 0.25) is 0 Å². The fraction of sp³-hybridized carbons (Fsp3) is 0.316. The molecule has 1 amide bonds. The second kappa shape index (κ2) is 9.71. The van der Waals surface area contributed by atoms with Crippen LogP contribution < -0.4 is 0 Å². The normalized spacial score (nSPS) is 16.7. The highest BCUT2D eigenvalue weighted by Gasteiger charge is 2.40. The van der Waals surface area contributed by atoms with Crippen molar-refractivity contribution in [1.29, 1.82) is 0 Å². The van der Waals surface area contributed by atoms with Gasteiger partial charge in [-0.2, -0.15) is 0 Å². The molecular formula is C19H21ClN2O3S. The molecule has 26 heavy (non-hydrogen) atoms. The van der Waals surface area contributed by atoms with E-state index in [1.807, 2.05) is 48.7 Å². The van der Waals surface area contributed by atoms with Crippen LogP contribution in [0.1, 0.15) is 23.7 Å². The standard InChI is InChI=1S/C19H20N2O3S.ClH/c1-2-14-8-9-16(20-12-14)10-11-24-17-18(22)25-19(23)21(17)13-15-6-4-3-5-7-15;/h3-9,12,17H,2,10-11,13H2,1H3;1H. The minimum atomic E-state index is -0.826. The Bertz CT molecular complexity index is 740. The van der Waals surface area contributed by atoms with Crippen LogP contribution in [0.15, 0.2) is 48.7 Å². The molecule has 1 saturated heterocycles. The third kappa shape index (κ3) is 5.06. The van der Waals surface area contributed by atoms with Crippen molar-refractivity contribution in [3.05, 3.63) is 65.5 Å². The molecule has 2 aromatic rings. The van der Waals surface area contributed by atoms with Crippen LogP contribution in [0, 0.1) is 0 Å². The second-order valence-electron chi connectivity index (χ2n) is 5.78. The van der Waals surface area contributed by atoms with Crippen molar-refractivity contribution in [3.8, 4) is 0 Å². The molecule has 0 saturated carbocycles. The molecule has 0 spiro atoms. The number of aryl methyl sites for hydroxylation is 1. The number of amides is 1. The maximum absolute atomic E-state index is 12.1. The van der Waals surface area contributed by atoms with Crippen LogP contribution in [-0.4, -0.2) is 33.1 Å². The molecule has 1 aromatic heterocycles. The van der Waals surface area contributed by atoms with Gasteiger partial charge in [0.25, 0.3) is 5.24 Å². The number of nitrogens with zero attached hydrogens (tertiary/aromatic N) is 2. The summed E-state index contributed by atoms with van der Waals surface area (Å²) in [7, 11) is 0. The van der Waals surface area contributed by atoms with Gasteiger partial charge in [0.15, 0.2) is 0 Å². The highest BCUT2D eigenvalue weighted by Crippen LogP contribution is 2.28. The average Bonchev–Trinajstić information content (AvgIpc) is 2.90. The summed E-state index contributed by atoms with van der Waals surface area (Å²) in [4.78, 5) is 30.0. The van der Waals surface area contributed by atoms with Gasteiger partial charge in [-0.1, -0.05) is 43.3 Å². The lowest BCUT2D eigenvalue weighted by Gasteiger charge is -2.22. The highest BCUT2D eigenvalue weighted by atomic mass is 35.5. The number of thioether (sulfide) groups is 1. The van der Waals surface area contributed by atoms with Gasteiger partial charge in [0, 0.05) is 36.6 Å². The van der Waals surface area contributed by atoms with Gasteiger partial charge in [0.2, 0.25) is 11.3 Å². The number of hydrogen-bond donors (Lipinski definition) is 0. The van der Waals surface area contributed by atoms with Crippen molar-refractivity contribution in [3.63, 3.8) is 0 Å². The number of aromatic nitrogens is 1. The topological polar surface area (TPSA) is 59.5 Å². The molecule has 5 nitrogen and oxygen atoms in total. The van der Waals surface area contributed by atoms with Gasteiger partial charge in [-0.25, -0.2) is 0 Å². The van der Waals surface area contributed by atoms with Crippen LogP contribution in [0.5, 0.6) is 0 Å². The molecule has 1 aromatic carbocycles. The third-order valence-electron chi connectivity index (χ3n) is 4.03. The van der Waals surface area contributed by atoms with Crippen LogP contribution >= 0.6 is 24.2 Å². The summed E-state index contributed by atoms with van der Waals surface area (Å²) in [6.07, 6.45) is 2.59. The average molecular weight is 393 g/mol. The Labute approximate surface area is 163 Å². The van der Waals surface area contributed by atoms with E-state index in [4.69, 9.17) is 4.74 Å². The number of benzene rings is 1. The second-order valence-corrected chi connectivity index (χ2v) is 6.74. The van der Waals surface area contributed by atoms with Crippen molar-refractivity contribution >= 4 is 34.5 Å². The van der Waals surface area contributed by atoms with Crippen LogP contribution in [0.4, 0.5) is 4.79 Å². The van der Waals surface area contributed by atoms with E-state index in [0.29, 0.717) is 31.3 Å². The Hall–Kier alpha value is -1.89. The molecule has 2 heterocycles. The highest BCUT2D eigenvalue weighted by molar-refractivity contribution is 8.26. The van der Waals surface area contributed by atoms with Crippen molar-refractivity contribution in [2.45, 2.75) is 32.5 Å². The maximum Gasteiger partial charge on any atom is 0.292 e. The first kappa shape index (κ1) is 20.4. The number of pyridine rings is 1. The molecule has 0 aliphatic carbocycles. The van der Waals surface area contributed by atoms with Crippen molar-refractivity contribution in [1.82, 2.24) is 9.88 Å². The Morgan fingerprint density at radius 3 is 2.54 bits per heavy atom. The maximum atomic E-state index is 12.1. The molecule has 1 aliphatic heterocycles. The molecule has 0 bridgehead atoms. The lowest BCUT2D eigenvalue weighted by Crippen LogP contribution is -2.37. The van der Waals surface area contributed by atoms with E-state index in [2.05, 4.69) is 11.9 Å². The zero-order valence-electron chi connectivity index (χ0n) is 14.5. The monoisotopic (exact) mass is 392 g/mol. The summed E-state index contributed by atoms with van der Waals surface area (Å²) in [5.74, 6) is 0. The predicted molar refractivity (Wildman–Crippen MR) is 104 cm³/mol. The van der Waals surface area contributed by atoms with Crippen molar-refractivity contribution < 1.29 is 14.3 Å². The number of ether oxygens (including phenoxy) is 1.